The number of carboxylic acid groups (broad SMARTS) is 1. The number of Topliss-reactive ketones (excluding diaryl/α,β-unsaturated/α-hetero) is 1. The first-order valence-electron chi connectivity index (χ1n) is 11.0. The Bertz CT molecular complexity index is 608. The Labute approximate surface area is 169 Å². The van der Waals surface area contributed by atoms with Gasteiger partial charge in [0.25, 0.3) is 0 Å². The highest BCUT2D eigenvalue weighted by Gasteiger charge is 2.34. The minimum atomic E-state index is -0.732. The summed E-state index contributed by atoms with van der Waals surface area (Å²) in [5.74, 6) is 0.0294. The molecule has 0 spiro atoms. The predicted molar refractivity (Wildman–Crippen MR) is 111 cm³/mol. The van der Waals surface area contributed by atoms with Crippen molar-refractivity contribution in [2.45, 2.75) is 96.0 Å². The van der Waals surface area contributed by atoms with E-state index in [0.29, 0.717) is 12.2 Å². The molecule has 3 atom stereocenters. The van der Waals surface area contributed by atoms with Crippen molar-refractivity contribution >= 4 is 11.8 Å². The number of rotatable bonds is 13. The molecule has 0 amide bonds. The number of aliphatic hydroxyl groups is 1. The summed E-state index contributed by atoms with van der Waals surface area (Å²) >= 11 is 0. The third-order valence-electron chi connectivity index (χ3n) is 6.09. The number of aliphatic carboxylic acids is 1. The summed E-state index contributed by atoms with van der Waals surface area (Å²) in [6.07, 6.45) is 10.1. The molecule has 0 radical (unpaired) electrons. The number of aliphatic hydroxyl groups excluding tert-OH is 1. The van der Waals surface area contributed by atoms with Crippen LogP contribution in [0.4, 0.5) is 0 Å². The number of carbonyl (C=O) groups is 2. The number of unbranched alkanes of at least 4 members (excludes halogenated alkanes) is 5. The van der Waals surface area contributed by atoms with E-state index in [1.165, 1.54) is 5.56 Å². The van der Waals surface area contributed by atoms with Gasteiger partial charge in [-0.15, -0.1) is 0 Å². The molecule has 0 aromatic heterocycles. The Balaban J connectivity index is 1.84. The van der Waals surface area contributed by atoms with Crippen molar-refractivity contribution in [3.05, 3.63) is 35.4 Å². The van der Waals surface area contributed by atoms with Crippen molar-refractivity contribution in [2.24, 2.45) is 5.92 Å². The number of hydrogen-bond donors (Lipinski definition) is 2. The molecule has 0 bridgehead atoms. The number of carbonyl (C=O) groups excluding carboxylic acids is 1. The van der Waals surface area contributed by atoms with Crippen LogP contribution in [-0.4, -0.2) is 22.0 Å². The fraction of sp³-hybridized carbons (Fsp3) is 0.667. The second-order valence-electron chi connectivity index (χ2n) is 8.24. The minimum absolute atomic E-state index is 0.0970. The van der Waals surface area contributed by atoms with E-state index in [2.05, 4.69) is 19.1 Å². The average molecular weight is 389 g/mol. The lowest BCUT2D eigenvalue weighted by molar-refractivity contribution is -0.137. The van der Waals surface area contributed by atoms with Crippen molar-refractivity contribution in [3.8, 4) is 0 Å². The standard InChI is InChI=1S/C24H36O4/c1-2-3-6-10-22(25)19-14-12-18(13-15-19)20-16-17-23(26)21(20)9-7-4-5-8-11-24(27)28/h12-15,20-22,25H,2-11,16-17H2,1H3,(H,27,28)/t20-,21+,22?/m1/s1. The highest BCUT2D eigenvalue weighted by atomic mass is 16.4. The summed E-state index contributed by atoms with van der Waals surface area (Å²) in [7, 11) is 0. The van der Waals surface area contributed by atoms with Gasteiger partial charge in [0.15, 0.2) is 0 Å². The average Bonchev–Trinajstić information content (AvgIpc) is 3.05. The summed E-state index contributed by atoms with van der Waals surface area (Å²) < 4.78 is 0. The summed E-state index contributed by atoms with van der Waals surface area (Å²) in [6.45, 7) is 2.16. The van der Waals surface area contributed by atoms with Gasteiger partial charge in [0.2, 0.25) is 0 Å². The van der Waals surface area contributed by atoms with Gasteiger partial charge in [-0.2, -0.15) is 0 Å². The van der Waals surface area contributed by atoms with Crippen LogP contribution in [0.1, 0.15) is 107 Å². The Morgan fingerprint density at radius 2 is 1.79 bits per heavy atom. The maximum atomic E-state index is 12.4. The number of carboxylic acids is 1. The van der Waals surface area contributed by atoms with Gasteiger partial charge in [0.1, 0.15) is 5.78 Å². The maximum absolute atomic E-state index is 12.4. The van der Waals surface area contributed by atoms with Crippen molar-refractivity contribution in [3.63, 3.8) is 0 Å². The van der Waals surface area contributed by atoms with Gasteiger partial charge in [-0.25, -0.2) is 0 Å². The van der Waals surface area contributed by atoms with Gasteiger partial charge >= 0.3 is 5.97 Å². The first-order chi connectivity index (χ1) is 13.5. The van der Waals surface area contributed by atoms with Crippen LogP contribution < -0.4 is 0 Å². The van der Waals surface area contributed by atoms with Gasteiger partial charge in [-0.05, 0) is 42.7 Å². The van der Waals surface area contributed by atoms with E-state index in [1.807, 2.05) is 12.1 Å². The second-order valence-corrected chi connectivity index (χ2v) is 8.24. The third kappa shape index (κ3) is 7.05. The van der Waals surface area contributed by atoms with E-state index >= 15 is 0 Å². The topological polar surface area (TPSA) is 74.6 Å². The van der Waals surface area contributed by atoms with E-state index < -0.39 is 12.1 Å². The molecule has 1 fully saturated rings. The zero-order valence-electron chi connectivity index (χ0n) is 17.2. The molecule has 0 saturated heterocycles. The van der Waals surface area contributed by atoms with Gasteiger partial charge in [-0.1, -0.05) is 69.7 Å². The fourth-order valence-electron chi connectivity index (χ4n) is 4.38. The second kappa shape index (κ2) is 12.0. The van der Waals surface area contributed by atoms with Crippen LogP contribution in [0.2, 0.25) is 0 Å². The number of ketones is 1. The van der Waals surface area contributed by atoms with Crippen molar-refractivity contribution in [2.75, 3.05) is 0 Å². The molecule has 1 aromatic carbocycles. The van der Waals surface area contributed by atoms with E-state index in [0.717, 1.165) is 69.8 Å². The molecule has 1 saturated carbocycles. The summed E-state index contributed by atoms with van der Waals surface area (Å²) in [4.78, 5) is 22.9. The van der Waals surface area contributed by atoms with E-state index in [9.17, 15) is 14.7 Å². The molecule has 4 nitrogen and oxygen atoms in total. The molecule has 4 heteroatoms. The van der Waals surface area contributed by atoms with Gasteiger partial charge in [-0.3, -0.25) is 9.59 Å². The number of hydrogen-bond acceptors (Lipinski definition) is 3. The van der Waals surface area contributed by atoms with Crippen LogP contribution in [0.3, 0.4) is 0 Å². The van der Waals surface area contributed by atoms with Crippen LogP contribution >= 0.6 is 0 Å². The zero-order chi connectivity index (χ0) is 20.4. The predicted octanol–water partition coefficient (Wildman–Crippen LogP) is 5.79. The molecule has 1 aliphatic carbocycles. The third-order valence-corrected chi connectivity index (χ3v) is 6.09. The van der Waals surface area contributed by atoms with Crippen LogP contribution in [0.5, 0.6) is 0 Å². The summed E-state index contributed by atoms with van der Waals surface area (Å²) in [5.41, 5.74) is 2.19. The molecule has 1 aromatic rings. The number of benzene rings is 1. The van der Waals surface area contributed by atoms with Crippen LogP contribution in [0, 0.1) is 5.92 Å². The molecule has 0 aliphatic heterocycles. The lowest BCUT2D eigenvalue weighted by Crippen LogP contribution is -2.13. The molecule has 1 aliphatic rings. The fourth-order valence-corrected chi connectivity index (χ4v) is 4.38. The van der Waals surface area contributed by atoms with Crippen LogP contribution in [0.25, 0.3) is 0 Å². The Morgan fingerprint density at radius 1 is 1.07 bits per heavy atom. The van der Waals surface area contributed by atoms with E-state index in [4.69, 9.17) is 5.11 Å². The quantitative estimate of drug-likeness (QED) is 0.420. The van der Waals surface area contributed by atoms with Crippen LogP contribution in [-0.2, 0) is 9.59 Å². The smallest absolute Gasteiger partial charge is 0.303 e. The molecule has 28 heavy (non-hydrogen) atoms. The lowest BCUT2D eigenvalue weighted by Gasteiger charge is -2.20. The Kier molecular flexibility index (Phi) is 9.69. The molecular weight excluding hydrogens is 352 g/mol. The summed E-state index contributed by atoms with van der Waals surface area (Å²) in [6, 6.07) is 8.25. The van der Waals surface area contributed by atoms with Gasteiger partial charge < -0.3 is 10.2 Å². The lowest BCUT2D eigenvalue weighted by atomic mass is 9.84. The molecule has 2 rings (SSSR count). The largest absolute Gasteiger partial charge is 0.481 e. The van der Waals surface area contributed by atoms with E-state index in [1.54, 1.807) is 0 Å². The zero-order valence-corrected chi connectivity index (χ0v) is 17.2. The van der Waals surface area contributed by atoms with E-state index in [-0.39, 0.29) is 18.3 Å². The van der Waals surface area contributed by atoms with Crippen molar-refractivity contribution in [1.82, 2.24) is 0 Å². The minimum Gasteiger partial charge on any atom is -0.481 e. The maximum Gasteiger partial charge on any atom is 0.303 e. The molecule has 1 unspecified atom stereocenters. The first-order valence-corrected chi connectivity index (χ1v) is 11.0. The Hall–Kier alpha value is -1.68. The monoisotopic (exact) mass is 388 g/mol. The molecule has 156 valence electrons. The van der Waals surface area contributed by atoms with Gasteiger partial charge in [0, 0.05) is 18.8 Å². The summed E-state index contributed by atoms with van der Waals surface area (Å²) in [5, 5.41) is 19.0. The molecule has 0 heterocycles. The highest BCUT2D eigenvalue weighted by Crippen LogP contribution is 2.40. The normalized spacial score (nSPS) is 20.4. The van der Waals surface area contributed by atoms with Crippen molar-refractivity contribution in [1.29, 1.82) is 0 Å². The molecular formula is C24H36O4. The molecule has 2 N–H and O–H groups in total. The Morgan fingerprint density at radius 3 is 2.46 bits per heavy atom. The van der Waals surface area contributed by atoms with Gasteiger partial charge in [0.05, 0.1) is 6.10 Å². The first kappa shape index (κ1) is 22.6. The highest BCUT2D eigenvalue weighted by molar-refractivity contribution is 5.84. The van der Waals surface area contributed by atoms with Crippen LogP contribution in [0.15, 0.2) is 24.3 Å². The van der Waals surface area contributed by atoms with Crippen molar-refractivity contribution < 1.29 is 19.8 Å². The SMILES string of the molecule is CCCCCC(O)c1ccc([C@H]2CCC(=O)[C@H]2CCCCCCC(=O)O)cc1.